The van der Waals surface area contributed by atoms with Gasteiger partial charge in [0, 0.05) is 44.2 Å². The van der Waals surface area contributed by atoms with Gasteiger partial charge in [0.1, 0.15) is 6.04 Å². The first kappa shape index (κ1) is 36.6. The molecular weight excluding hydrogens is 667 g/mol. The molecule has 2 saturated heterocycles. The maximum absolute atomic E-state index is 13.0. The molecule has 0 aromatic heterocycles. The smallest absolute Gasteiger partial charge is 0.471 e. The molecule has 0 spiro atoms. The standard InChI is InChI=1S/C38H44F3N3O7/c1-23-33(21-43-16-14-28-17-31(48-2)32(49-3)18-29(28)20-43)50-36(51-34(23)26-10-8-25(22-45)9-11-26)27-12-6-24(7-13-27)19-42-35(46)30-5-4-15-44(30)37(47)38(39,40)41/h6-13,17-18,23,30,33-34,36,45H,4-5,14-16,19-22H2,1-3H3,(H,42,46). The topological polar surface area (TPSA) is 110 Å². The largest absolute Gasteiger partial charge is 0.493 e. The number of alkyl halides is 3. The van der Waals surface area contributed by atoms with Crippen LogP contribution in [-0.2, 0) is 45.2 Å². The van der Waals surface area contributed by atoms with Gasteiger partial charge in [-0.1, -0.05) is 55.5 Å². The van der Waals surface area contributed by atoms with Crippen LogP contribution in [0.15, 0.2) is 60.7 Å². The summed E-state index contributed by atoms with van der Waals surface area (Å²) in [6.07, 6.45) is -4.84. The second-order valence-corrected chi connectivity index (χ2v) is 13.4. The molecule has 51 heavy (non-hydrogen) atoms. The molecule has 3 aromatic carbocycles. The van der Waals surface area contributed by atoms with E-state index in [9.17, 15) is 27.9 Å². The molecule has 0 bridgehead atoms. The number of aliphatic hydroxyl groups excluding tert-OH is 1. The number of hydrogen-bond acceptors (Lipinski definition) is 8. The lowest BCUT2D eigenvalue weighted by Gasteiger charge is -2.43. The Morgan fingerprint density at radius 1 is 0.922 bits per heavy atom. The van der Waals surface area contributed by atoms with E-state index in [-0.39, 0.29) is 44.2 Å². The molecular formula is C38H44F3N3O7. The van der Waals surface area contributed by atoms with Crippen molar-refractivity contribution in [2.75, 3.05) is 33.9 Å². The number of benzene rings is 3. The van der Waals surface area contributed by atoms with Gasteiger partial charge in [0.05, 0.1) is 33.0 Å². The minimum Gasteiger partial charge on any atom is -0.493 e. The molecule has 274 valence electrons. The van der Waals surface area contributed by atoms with Crippen LogP contribution in [0.4, 0.5) is 13.2 Å². The molecule has 3 aliphatic heterocycles. The number of ether oxygens (including phenoxy) is 4. The van der Waals surface area contributed by atoms with E-state index in [2.05, 4.69) is 23.2 Å². The van der Waals surface area contributed by atoms with Crippen molar-refractivity contribution in [2.45, 2.75) is 76.6 Å². The molecule has 0 radical (unpaired) electrons. The Balaban J connectivity index is 1.15. The Morgan fingerprint density at radius 3 is 2.22 bits per heavy atom. The Labute approximate surface area is 295 Å². The zero-order valence-corrected chi connectivity index (χ0v) is 28.9. The maximum atomic E-state index is 13.0. The molecule has 13 heteroatoms. The first-order valence-electron chi connectivity index (χ1n) is 17.2. The van der Waals surface area contributed by atoms with Gasteiger partial charge in [-0.05, 0) is 59.2 Å². The van der Waals surface area contributed by atoms with E-state index in [4.69, 9.17) is 18.9 Å². The second kappa shape index (κ2) is 15.6. The first-order chi connectivity index (χ1) is 24.5. The average Bonchev–Trinajstić information content (AvgIpc) is 3.64. The zero-order valence-electron chi connectivity index (χ0n) is 28.9. The van der Waals surface area contributed by atoms with Crippen molar-refractivity contribution >= 4 is 11.8 Å². The average molecular weight is 712 g/mol. The van der Waals surface area contributed by atoms with Crippen LogP contribution in [0.25, 0.3) is 0 Å². The van der Waals surface area contributed by atoms with Gasteiger partial charge < -0.3 is 34.3 Å². The van der Waals surface area contributed by atoms with Crippen LogP contribution in [0.2, 0.25) is 0 Å². The van der Waals surface area contributed by atoms with Gasteiger partial charge in [-0.2, -0.15) is 13.2 Å². The molecule has 5 atom stereocenters. The zero-order chi connectivity index (χ0) is 36.3. The van der Waals surface area contributed by atoms with Gasteiger partial charge in [0.2, 0.25) is 5.91 Å². The summed E-state index contributed by atoms with van der Waals surface area (Å²) in [6.45, 7) is 4.29. The third kappa shape index (κ3) is 8.17. The Morgan fingerprint density at radius 2 is 1.57 bits per heavy atom. The highest BCUT2D eigenvalue weighted by atomic mass is 19.4. The van der Waals surface area contributed by atoms with Crippen molar-refractivity contribution in [1.29, 1.82) is 0 Å². The third-order valence-corrected chi connectivity index (χ3v) is 10.1. The number of aliphatic hydroxyl groups is 1. The number of carbonyl (C=O) groups excluding carboxylic acids is 2. The SMILES string of the molecule is COc1cc2c(cc1OC)CN(CC1OC(c3ccc(CNC(=O)C4CCCN4C(=O)C(F)(F)F)cc3)OC(c3ccc(CO)cc3)C1C)CC2. The highest BCUT2D eigenvalue weighted by Crippen LogP contribution is 2.42. The maximum Gasteiger partial charge on any atom is 0.471 e. The van der Waals surface area contributed by atoms with E-state index in [0.717, 1.165) is 47.5 Å². The summed E-state index contributed by atoms with van der Waals surface area (Å²) in [5.41, 5.74) is 5.70. The molecule has 5 unspecified atom stereocenters. The van der Waals surface area contributed by atoms with Gasteiger partial charge in [-0.25, -0.2) is 0 Å². The van der Waals surface area contributed by atoms with Crippen LogP contribution in [0, 0.1) is 5.92 Å². The molecule has 3 aliphatic rings. The fourth-order valence-corrected chi connectivity index (χ4v) is 7.22. The number of rotatable bonds is 10. The number of methoxy groups -OCH3 is 2. The summed E-state index contributed by atoms with van der Waals surface area (Å²) >= 11 is 0. The highest BCUT2D eigenvalue weighted by molar-refractivity contribution is 5.90. The Kier molecular flexibility index (Phi) is 11.2. The minimum atomic E-state index is -5.03. The van der Waals surface area contributed by atoms with Crippen LogP contribution < -0.4 is 14.8 Å². The number of halogens is 3. The summed E-state index contributed by atoms with van der Waals surface area (Å²) in [5.74, 6) is -1.20. The van der Waals surface area contributed by atoms with Crippen LogP contribution in [-0.4, -0.2) is 78.9 Å². The molecule has 10 nitrogen and oxygen atoms in total. The molecule has 0 aliphatic carbocycles. The van der Waals surface area contributed by atoms with E-state index in [0.29, 0.717) is 23.6 Å². The second-order valence-electron chi connectivity index (χ2n) is 13.4. The van der Waals surface area contributed by atoms with Gasteiger partial charge in [-0.3, -0.25) is 14.5 Å². The van der Waals surface area contributed by atoms with Gasteiger partial charge in [0.15, 0.2) is 17.8 Å². The Bertz CT molecular complexity index is 1690. The third-order valence-electron chi connectivity index (χ3n) is 10.1. The first-order valence-corrected chi connectivity index (χ1v) is 17.2. The number of hydrogen-bond donors (Lipinski definition) is 2. The number of nitrogens with one attached hydrogen (secondary N) is 1. The number of nitrogens with zero attached hydrogens (tertiary/aromatic N) is 2. The fraction of sp³-hybridized carbons (Fsp3) is 0.474. The van der Waals surface area contributed by atoms with Crippen molar-refractivity contribution < 1.29 is 46.8 Å². The predicted molar refractivity (Wildman–Crippen MR) is 181 cm³/mol. The molecule has 2 fully saturated rings. The van der Waals surface area contributed by atoms with Gasteiger partial charge in [0.25, 0.3) is 0 Å². The summed E-state index contributed by atoms with van der Waals surface area (Å²) in [4.78, 5) is 27.6. The normalized spacial score (nSPS) is 23.8. The number of likely N-dealkylation sites (tertiary alicyclic amines) is 1. The molecule has 3 aromatic rings. The summed E-state index contributed by atoms with van der Waals surface area (Å²) in [6, 6.07) is 18.0. The van der Waals surface area contributed by atoms with Crippen LogP contribution >= 0.6 is 0 Å². The highest BCUT2D eigenvalue weighted by Gasteiger charge is 2.47. The van der Waals surface area contributed by atoms with Gasteiger partial charge in [-0.15, -0.1) is 0 Å². The van der Waals surface area contributed by atoms with E-state index in [1.807, 2.05) is 54.6 Å². The molecule has 6 rings (SSSR count). The van der Waals surface area contributed by atoms with E-state index < -0.39 is 30.3 Å². The van der Waals surface area contributed by atoms with Gasteiger partial charge >= 0.3 is 12.1 Å². The summed E-state index contributed by atoms with van der Waals surface area (Å²) < 4.78 is 63.5. The molecule has 2 amide bonds. The lowest BCUT2D eigenvalue weighted by atomic mass is 9.89. The van der Waals surface area contributed by atoms with Crippen molar-refractivity contribution in [2.24, 2.45) is 5.92 Å². The predicted octanol–water partition coefficient (Wildman–Crippen LogP) is 5.22. The number of amides is 2. The van der Waals surface area contributed by atoms with Crippen molar-refractivity contribution in [3.8, 4) is 11.5 Å². The quantitative estimate of drug-likeness (QED) is 0.295. The van der Waals surface area contributed by atoms with Crippen LogP contribution in [0.1, 0.15) is 65.5 Å². The summed E-state index contributed by atoms with van der Waals surface area (Å²) in [5, 5.41) is 12.3. The van der Waals surface area contributed by atoms with Crippen LogP contribution in [0.5, 0.6) is 11.5 Å². The van der Waals surface area contributed by atoms with E-state index >= 15 is 0 Å². The van der Waals surface area contributed by atoms with E-state index in [1.165, 1.54) is 11.1 Å². The van der Waals surface area contributed by atoms with Crippen molar-refractivity contribution in [1.82, 2.24) is 15.1 Å². The monoisotopic (exact) mass is 711 g/mol. The lowest BCUT2D eigenvalue weighted by molar-refractivity contribution is -0.276. The molecule has 0 saturated carbocycles. The van der Waals surface area contributed by atoms with E-state index in [1.54, 1.807) is 14.2 Å². The summed E-state index contributed by atoms with van der Waals surface area (Å²) in [7, 11) is 3.27. The number of fused-ring (bicyclic) bond motifs is 1. The number of carbonyl (C=O) groups is 2. The molecule has 2 N–H and O–H groups in total. The fourth-order valence-electron chi connectivity index (χ4n) is 7.22. The molecule has 3 heterocycles. The van der Waals surface area contributed by atoms with Crippen molar-refractivity contribution in [3.63, 3.8) is 0 Å². The lowest BCUT2D eigenvalue weighted by Crippen LogP contribution is -2.50. The van der Waals surface area contributed by atoms with Crippen molar-refractivity contribution in [3.05, 3.63) is 94.0 Å². The Hall–Kier alpha value is -4.17. The van der Waals surface area contributed by atoms with Crippen LogP contribution in [0.3, 0.4) is 0 Å². The minimum absolute atomic E-state index is 0.0121.